The number of carbonyl (C=O) groups excluding carboxylic acids is 1. The fraction of sp³-hybridized carbons (Fsp3) is 0.435. The Bertz CT molecular complexity index is 932. The Kier molecular flexibility index (Phi) is 4.38. The molecular formula is C23H29N3O2. The summed E-state index contributed by atoms with van der Waals surface area (Å²) < 4.78 is 5.66. The lowest BCUT2D eigenvalue weighted by molar-refractivity contribution is 0.215. The highest BCUT2D eigenvalue weighted by molar-refractivity contribution is 5.88. The summed E-state index contributed by atoms with van der Waals surface area (Å²) in [7, 11) is 4.32. The van der Waals surface area contributed by atoms with Gasteiger partial charge in [0.1, 0.15) is 5.75 Å². The summed E-state index contributed by atoms with van der Waals surface area (Å²) in [5.41, 5.74) is 6.61. The smallest absolute Gasteiger partial charge is 0.410 e. The Hall–Kier alpha value is -2.53. The number of hydrogen-bond donors (Lipinski definition) is 1. The van der Waals surface area contributed by atoms with Crippen LogP contribution in [0.3, 0.4) is 0 Å². The fourth-order valence-electron chi connectivity index (χ4n) is 5.23. The van der Waals surface area contributed by atoms with E-state index in [4.69, 9.17) is 4.74 Å². The van der Waals surface area contributed by atoms with Crippen LogP contribution in [-0.4, -0.2) is 37.8 Å². The Labute approximate surface area is 167 Å². The third kappa shape index (κ3) is 2.85. The molecule has 1 saturated heterocycles. The van der Waals surface area contributed by atoms with Crippen molar-refractivity contribution in [3.63, 3.8) is 0 Å². The van der Waals surface area contributed by atoms with Gasteiger partial charge in [-0.3, -0.25) is 10.2 Å². The van der Waals surface area contributed by atoms with E-state index in [1.807, 2.05) is 26.0 Å². The Morgan fingerprint density at radius 3 is 2.50 bits per heavy atom. The minimum atomic E-state index is -0.452. The van der Waals surface area contributed by atoms with Crippen LogP contribution in [0.4, 0.5) is 16.2 Å². The molecular weight excluding hydrogens is 350 g/mol. The van der Waals surface area contributed by atoms with Crippen molar-refractivity contribution in [3.8, 4) is 5.75 Å². The normalized spacial score (nSPS) is 23.5. The van der Waals surface area contributed by atoms with Crippen molar-refractivity contribution >= 4 is 17.5 Å². The van der Waals surface area contributed by atoms with Gasteiger partial charge < -0.3 is 9.64 Å². The molecule has 28 heavy (non-hydrogen) atoms. The Morgan fingerprint density at radius 2 is 1.82 bits per heavy atom. The second kappa shape index (κ2) is 6.52. The highest BCUT2D eigenvalue weighted by Gasteiger charge is 2.52. The van der Waals surface area contributed by atoms with E-state index in [0.29, 0.717) is 11.9 Å². The number of aryl methyl sites for hydroxylation is 3. The van der Waals surface area contributed by atoms with E-state index in [-0.39, 0.29) is 5.41 Å². The molecule has 2 atom stereocenters. The predicted octanol–water partition coefficient (Wildman–Crippen LogP) is 4.59. The molecule has 2 aromatic rings. The number of fused-ring (bicyclic) bond motifs is 3. The zero-order valence-electron chi connectivity index (χ0n) is 17.6. The van der Waals surface area contributed by atoms with Crippen molar-refractivity contribution in [3.05, 3.63) is 52.6 Å². The molecule has 0 saturated carbocycles. The molecule has 1 N–H and O–H groups in total. The van der Waals surface area contributed by atoms with Crippen molar-refractivity contribution in [2.75, 3.05) is 30.9 Å². The van der Waals surface area contributed by atoms with E-state index < -0.39 is 6.09 Å². The molecule has 0 spiro atoms. The summed E-state index contributed by atoms with van der Waals surface area (Å²) in [4.78, 5) is 17.3. The van der Waals surface area contributed by atoms with E-state index in [0.717, 1.165) is 29.8 Å². The number of nitrogens with one attached hydrogen (secondary N) is 1. The molecule has 1 fully saturated rings. The second-order valence-electron chi connectivity index (χ2n) is 8.60. The summed E-state index contributed by atoms with van der Waals surface area (Å²) in [5.74, 6) is 0.587. The number of ether oxygens (including phenoxy) is 1. The number of anilines is 2. The third-order valence-electron chi connectivity index (χ3n) is 6.42. The first-order valence-corrected chi connectivity index (χ1v) is 9.85. The summed E-state index contributed by atoms with van der Waals surface area (Å²) in [6, 6.07) is 10.1. The first kappa shape index (κ1) is 18.8. The van der Waals surface area contributed by atoms with Crippen LogP contribution in [-0.2, 0) is 5.41 Å². The highest BCUT2D eigenvalue weighted by Crippen LogP contribution is 2.51. The molecule has 5 nitrogen and oxygen atoms in total. The van der Waals surface area contributed by atoms with Gasteiger partial charge in [0, 0.05) is 30.4 Å². The maximum atomic E-state index is 12.5. The van der Waals surface area contributed by atoms with Gasteiger partial charge in [0.15, 0.2) is 0 Å². The minimum Gasteiger partial charge on any atom is -0.410 e. The standard InChI is InChI=1S/C23H29N3O2/c1-14-11-15(2)20(16(3)12-14)24-22(27)28-17-7-8-19-18(13-17)23(4)9-10-25(5)21(23)26(19)6/h7-8,11-13,21H,9-10H2,1-6H3,(H,24,27)/t21-,23+/m1/s1. The van der Waals surface area contributed by atoms with Crippen LogP contribution < -0.4 is 15.0 Å². The molecule has 0 aromatic heterocycles. The number of benzene rings is 2. The molecule has 2 aliphatic heterocycles. The summed E-state index contributed by atoms with van der Waals surface area (Å²) in [6.07, 6.45) is 0.999. The first-order valence-electron chi connectivity index (χ1n) is 9.85. The molecule has 0 bridgehead atoms. The van der Waals surface area contributed by atoms with Gasteiger partial charge in [-0.1, -0.05) is 24.6 Å². The number of likely N-dealkylation sites (tertiary alicyclic amines) is 1. The first-order chi connectivity index (χ1) is 13.2. The molecule has 2 heterocycles. The van der Waals surface area contributed by atoms with E-state index in [1.54, 1.807) is 0 Å². The molecule has 0 radical (unpaired) electrons. The van der Waals surface area contributed by atoms with Crippen molar-refractivity contribution < 1.29 is 9.53 Å². The molecule has 2 aliphatic rings. The largest absolute Gasteiger partial charge is 0.417 e. The quantitative estimate of drug-likeness (QED) is 0.829. The lowest BCUT2D eigenvalue weighted by atomic mass is 9.81. The van der Waals surface area contributed by atoms with E-state index in [2.05, 4.69) is 61.3 Å². The van der Waals surface area contributed by atoms with Gasteiger partial charge in [-0.15, -0.1) is 0 Å². The van der Waals surface area contributed by atoms with Crippen molar-refractivity contribution in [1.82, 2.24) is 4.90 Å². The third-order valence-corrected chi connectivity index (χ3v) is 6.42. The number of amides is 1. The average Bonchev–Trinajstić information content (AvgIpc) is 3.04. The van der Waals surface area contributed by atoms with Gasteiger partial charge in [0.25, 0.3) is 0 Å². The zero-order valence-corrected chi connectivity index (χ0v) is 17.6. The van der Waals surface area contributed by atoms with Crippen LogP contribution in [0.2, 0.25) is 0 Å². The van der Waals surface area contributed by atoms with Crippen LogP contribution in [0.5, 0.6) is 5.75 Å². The second-order valence-corrected chi connectivity index (χ2v) is 8.60. The van der Waals surface area contributed by atoms with Gasteiger partial charge >= 0.3 is 6.09 Å². The lowest BCUT2D eigenvalue weighted by Crippen LogP contribution is -2.45. The summed E-state index contributed by atoms with van der Waals surface area (Å²) in [6.45, 7) is 9.43. The predicted molar refractivity (Wildman–Crippen MR) is 114 cm³/mol. The van der Waals surface area contributed by atoms with E-state index >= 15 is 0 Å². The van der Waals surface area contributed by atoms with Crippen molar-refractivity contribution in [2.45, 2.75) is 45.7 Å². The summed E-state index contributed by atoms with van der Waals surface area (Å²) in [5, 5.41) is 2.91. The topological polar surface area (TPSA) is 44.8 Å². The van der Waals surface area contributed by atoms with Gasteiger partial charge in [-0.2, -0.15) is 0 Å². The van der Waals surface area contributed by atoms with Crippen molar-refractivity contribution in [1.29, 1.82) is 0 Å². The maximum Gasteiger partial charge on any atom is 0.417 e. The molecule has 2 aromatic carbocycles. The van der Waals surface area contributed by atoms with Crippen molar-refractivity contribution in [2.24, 2.45) is 0 Å². The minimum absolute atomic E-state index is 0.0544. The molecule has 4 rings (SSSR count). The zero-order chi connectivity index (χ0) is 20.2. The van der Waals surface area contributed by atoms with Crippen LogP contribution in [0.15, 0.2) is 30.3 Å². The van der Waals surface area contributed by atoms with Gasteiger partial charge in [-0.25, -0.2) is 4.79 Å². The van der Waals surface area contributed by atoms with E-state index in [9.17, 15) is 4.79 Å². The van der Waals surface area contributed by atoms with Gasteiger partial charge in [0.05, 0.1) is 6.17 Å². The maximum absolute atomic E-state index is 12.5. The summed E-state index contributed by atoms with van der Waals surface area (Å²) >= 11 is 0. The SMILES string of the molecule is Cc1cc(C)c(NC(=O)Oc2ccc3c(c2)[C@]2(C)CCN(C)[C@@H]2N3C)c(C)c1. The van der Waals surface area contributed by atoms with Crippen LogP contribution >= 0.6 is 0 Å². The fourth-order valence-corrected chi connectivity index (χ4v) is 5.23. The van der Waals surface area contributed by atoms with Gasteiger partial charge in [0.2, 0.25) is 0 Å². The van der Waals surface area contributed by atoms with Gasteiger partial charge in [-0.05, 0) is 69.1 Å². The number of nitrogens with zero attached hydrogens (tertiary/aromatic N) is 2. The molecule has 0 unspecified atom stereocenters. The average molecular weight is 380 g/mol. The number of likely N-dealkylation sites (N-methyl/N-ethyl adjacent to an activating group) is 2. The Balaban J connectivity index is 1.57. The van der Waals surface area contributed by atoms with Crippen LogP contribution in [0.1, 0.15) is 35.6 Å². The van der Waals surface area contributed by atoms with Crippen LogP contribution in [0, 0.1) is 20.8 Å². The molecule has 148 valence electrons. The Morgan fingerprint density at radius 1 is 1.14 bits per heavy atom. The molecule has 0 aliphatic carbocycles. The number of carbonyl (C=O) groups is 1. The molecule has 5 heteroatoms. The number of hydrogen-bond acceptors (Lipinski definition) is 4. The molecule has 1 amide bonds. The number of rotatable bonds is 2. The highest BCUT2D eigenvalue weighted by atomic mass is 16.6. The lowest BCUT2D eigenvalue weighted by Gasteiger charge is -2.32. The monoisotopic (exact) mass is 379 g/mol. The van der Waals surface area contributed by atoms with E-state index in [1.165, 1.54) is 16.8 Å². The van der Waals surface area contributed by atoms with Crippen LogP contribution in [0.25, 0.3) is 0 Å².